The number of amides is 4. The van der Waals surface area contributed by atoms with Crippen LogP contribution in [-0.4, -0.2) is 40.8 Å². The molecule has 0 unspecified atom stereocenters. The van der Waals surface area contributed by atoms with E-state index in [9.17, 15) is 14.4 Å². The third kappa shape index (κ3) is 2.47. The first-order valence-corrected chi connectivity index (χ1v) is 7.46. The Hall–Kier alpha value is -1.48. The molecule has 6 heteroatoms. The molecule has 2 rings (SSSR count). The summed E-state index contributed by atoms with van der Waals surface area (Å²) in [5.74, 6) is 2.87. The smallest absolute Gasteiger partial charge is 0.277 e. The molecular weight excluding hydrogens is 264 g/mol. The van der Waals surface area contributed by atoms with Crippen LogP contribution in [0.2, 0.25) is 0 Å². The third-order valence-corrected chi connectivity index (χ3v) is 4.50. The summed E-state index contributed by atoms with van der Waals surface area (Å²) in [6.45, 7) is 0.298. The lowest BCUT2D eigenvalue weighted by Gasteiger charge is -2.36. The lowest BCUT2D eigenvalue weighted by atomic mass is 9.82. The van der Waals surface area contributed by atoms with E-state index in [2.05, 4.69) is 11.2 Å². The van der Waals surface area contributed by atoms with Gasteiger partial charge in [0, 0.05) is 12.3 Å². The summed E-state index contributed by atoms with van der Waals surface area (Å²) in [6, 6.07) is -0.603. The first-order valence-electron chi connectivity index (χ1n) is 6.30. The number of barbiturate groups is 1. The molecule has 1 heterocycles. The van der Waals surface area contributed by atoms with Crippen molar-refractivity contribution in [3.05, 3.63) is 0 Å². The summed E-state index contributed by atoms with van der Waals surface area (Å²) in [5.41, 5.74) is -0.995. The van der Waals surface area contributed by atoms with Gasteiger partial charge < -0.3 is 0 Å². The van der Waals surface area contributed by atoms with E-state index in [0.29, 0.717) is 30.9 Å². The van der Waals surface area contributed by atoms with E-state index in [-0.39, 0.29) is 5.91 Å². The van der Waals surface area contributed by atoms with Crippen molar-refractivity contribution in [1.82, 2.24) is 10.2 Å². The van der Waals surface area contributed by atoms with E-state index in [4.69, 9.17) is 6.42 Å². The highest BCUT2D eigenvalue weighted by Gasteiger charge is 2.54. The average molecular weight is 280 g/mol. The minimum atomic E-state index is -0.995. The standard InChI is InChI=1S/C13H16N2O3S/c1-2-8-19-9-7-15-11(17)13(5-3-4-6-13)10(16)14-12(15)18/h1H,3-9H2,(H,14,16,18). The van der Waals surface area contributed by atoms with Crippen LogP contribution in [0.15, 0.2) is 0 Å². The summed E-state index contributed by atoms with van der Waals surface area (Å²) < 4.78 is 0. The highest BCUT2D eigenvalue weighted by atomic mass is 32.2. The molecule has 102 valence electrons. The number of hydrogen-bond acceptors (Lipinski definition) is 4. The number of thioether (sulfide) groups is 1. The number of nitrogens with one attached hydrogen (secondary N) is 1. The van der Waals surface area contributed by atoms with Crippen LogP contribution in [0.3, 0.4) is 0 Å². The molecule has 1 aliphatic heterocycles. The van der Waals surface area contributed by atoms with Crippen molar-refractivity contribution in [2.45, 2.75) is 25.7 Å². The van der Waals surface area contributed by atoms with Gasteiger partial charge in [0.25, 0.3) is 0 Å². The molecule has 0 radical (unpaired) electrons. The highest BCUT2D eigenvalue weighted by molar-refractivity contribution is 7.99. The number of carbonyl (C=O) groups excluding carboxylic acids is 3. The number of urea groups is 1. The van der Waals surface area contributed by atoms with Gasteiger partial charge in [0.15, 0.2) is 0 Å². The Morgan fingerprint density at radius 3 is 2.63 bits per heavy atom. The molecule has 1 aliphatic carbocycles. The summed E-state index contributed by atoms with van der Waals surface area (Å²) in [6.07, 6.45) is 7.93. The maximum Gasteiger partial charge on any atom is 0.330 e. The van der Waals surface area contributed by atoms with Crippen molar-refractivity contribution >= 4 is 29.6 Å². The van der Waals surface area contributed by atoms with Gasteiger partial charge in [-0.05, 0) is 12.8 Å². The van der Waals surface area contributed by atoms with Gasteiger partial charge in [-0.2, -0.15) is 0 Å². The maximum atomic E-state index is 12.4. The van der Waals surface area contributed by atoms with Crippen molar-refractivity contribution in [3.63, 3.8) is 0 Å². The first kappa shape index (κ1) is 13.9. The number of nitrogens with zero attached hydrogens (tertiary/aromatic N) is 1. The predicted molar refractivity (Wildman–Crippen MR) is 72.3 cm³/mol. The summed E-state index contributed by atoms with van der Waals surface area (Å²) in [7, 11) is 0. The van der Waals surface area contributed by atoms with Crippen LogP contribution in [0.25, 0.3) is 0 Å². The highest BCUT2D eigenvalue weighted by Crippen LogP contribution is 2.41. The van der Waals surface area contributed by atoms with Gasteiger partial charge >= 0.3 is 6.03 Å². The number of rotatable bonds is 4. The van der Waals surface area contributed by atoms with Gasteiger partial charge in [-0.25, -0.2) is 4.79 Å². The second-order valence-electron chi connectivity index (χ2n) is 4.76. The molecule has 0 aromatic rings. The Morgan fingerprint density at radius 2 is 2.00 bits per heavy atom. The Morgan fingerprint density at radius 1 is 1.32 bits per heavy atom. The van der Waals surface area contributed by atoms with Crippen molar-refractivity contribution in [3.8, 4) is 12.3 Å². The van der Waals surface area contributed by atoms with E-state index in [1.165, 1.54) is 11.8 Å². The van der Waals surface area contributed by atoms with Crippen LogP contribution in [0.5, 0.6) is 0 Å². The topological polar surface area (TPSA) is 66.5 Å². The Bertz CT molecular complexity index is 449. The van der Waals surface area contributed by atoms with Crippen LogP contribution >= 0.6 is 11.8 Å². The molecule has 19 heavy (non-hydrogen) atoms. The molecule has 1 saturated heterocycles. The maximum absolute atomic E-state index is 12.4. The normalized spacial score (nSPS) is 21.6. The zero-order valence-corrected chi connectivity index (χ0v) is 11.4. The van der Waals surface area contributed by atoms with Crippen LogP contribution < -0.4 is 5.32 Å². The molecule has 4 amide bonds. The van der Waals surface area contributed by atoms with Gasteiger partial charge in [-0.3, -0.25) is 19.8 Å². The molecule has 1 saturated carbocycles. The molecule has 1 spiro atoms. The van der Waals surface area contributed by atoms with Gasteiger partial charge in [-0.1, -0.05) is 18.8 Å². The van der Waals surface area contributed by atoms with Crippen LogP contribution in [0.4, 0.5) is 4.79 Å². The Balaban J connectivity index is 2.06. The largest absolute Gasteiger partial charge is 0.330 e. The molecule has 0 aromatic heterocycles. The van der Waals surface area contributed by atoms with E-state index < -0.39 is 17.4 Å². The molecule has 2 aliphatic rings. The minimum Gasteiger partial charge on any atom is -0.277 e. The second-order valence-corrected chi connectivity index (χ2v) is 5.87. The third-order valence-electron chi connectivity index (χ3n) is 3.66. The molecule has 0 aromatic carbocycles. The zero-order valence-electron chi connectivity index (χ0n) is 10.6. The molecule has 2 fully saturated rings. The monoisotopic (exact) mass is 280 g/mol. The summed E-state index contributed by atoms with van der Waals surface area (Å²) in [4.78, 5) is 37.3. The van der Waals surface area contributed by atoms with E-state index >= 15 is 0 Å². The summed E-state index contributed by atoms with van der Waals surface area (Å²) >= 11 is 1.49. The van der Waals surface area contributed by atoms with Gasteiger partial charge in [0.05, 0.1) is 5.75 Å². The second kappa shape index (κ2) is 5.66. The van der Waals surface area contributed by atoms with Crippen molar-refractivity contribution in [2.24, 2.45) is 5.41 Å². The fourth-order valence-electron chi connectivity index (χ4n) is 2.64. The summed E-state index contributed by atoms with van der Waals surface area (Å²) in [5, 5.41) is 2.31. The number of imide groups is 2. The lowest BCUT2D eigenvalue weighted by Crippen LogP contribution is -2.63. The zero-order chi connectivity index (χ0) is 13.9. The number of terminal acetylenes is 1. The quantitative estimate of drug-likeness (QED) is 0.474. The van der Waals surface area contributed by atoms with Crippen LogP contribution in [0.1, 0.15) is 25.7 Å². The molecule has 0 atom stereocenters. The van der Waals surface area contributed by atoms with Gasteiger partial charge in [-0.15, -0.1) is 18.2 Å². The fraction of sp³-hybridized carbons (Fsp3) is 0.615. The van der Waals surface area contributed by atoms with Gasteiger partial charge in [0.1, 0.15) is 5.41 Å². The van der Waals surface area contributed by atoms with E-state index in [1.807, 2.05) is 0 Å². The average Bonchev–Trinajstić information content (AvgIpc) is 2.87. The van der Waals surface area contributed by atoms with Crippen molar-refractivity contribution < 1.29 is 14.4 Å². The van der Waals surface area contributed by atoms with Crippen molar-refractivity contribution in [2.75, 3.05) is 18.1 Å². The van der Waals surface area contributed by atoms with Crippen LogP contribution in [0, 0.1) is 17.8 Å². The van der Waals surface area contributed by atoms with Crippen LogP contribution in [-0.2, 0) is 9.59 Å². The molecule has 5 nitrogen and oxygen atoms in total. The van der Waals surface area contributed by atoms with Crippen molar-refractivity contribution in [1.29, 1.82) is 0 Å². The minimum absolute atomic E-state index is 0.298. The number of hydrogen-bond donors (Lipinski definition) is 1. The SMILES string of the molecule is C#CCSCCN1C(=O)NC(=O)C2(CCCC2)C1=O. The fourth-order valence-corrected chi connectivity index (χ4v) is 3.22. The molecule has 0 bridgehead atoms. The first-order chi connectivity index (χ1) is 9.12. The molecular formula is C13H16N2O3S. The number of carbonyl (C=O) groups is 3. The van der Waals surface area contributed by atoms with Gasteiger partial charge in [0.2, 0.25) is 11.8 Å². The Labute approximate surface area is 116 Å². The molecule has 1 N–H and O–H groups in total. The van der Waals surface area contributed by atoms with E-state index in [1.54, 1.807) is 0 Å². The predicted octanol–water partition coefficient (Wildman–Crippen LogP) is 0.992. The Kier molecular flexibility index (Phi) is 4.15. The van der Waals surface area contributed by atoms with E-state index in [0.717, 1.165) is 17.7 Å². The lowest BCUT2D eigenvalue weighted by molar-refractivity contribution is -0.150.